The topological polar surface area (TPSA) is 40.5 Å². The first-order chi connectivity index (χ1) is 8.49. The van der Waals surface area contributed by atoms with Gasteiger partial charge in [0.2, 0.25) is 0 Å². The van der Waals surface area contributed by atoms with Gasteiger partial charge in [0, 0.05) is 29.2 Å². The van der Waals surface area contributed by atoms with Crippen molar-refractivity contribution in [2.45, 2.75) is 25.8 Å². The van der Waals surface area contributed by atoms with Crippen LogP contribution in [0.4, 0.5) is 0 Å². The van der Waals surface area contributed by atoms with Gasteiger partial charge in [0.1, 0.15) is 0 Å². The van der Waals surface area contributed by atoms with E-state index in [0.29, 0.717) is 16.6 Å². The maximum absolute atomic E-state index is 10.6. The van der Waals surface area contributed by atoms with E-state index in [1.807, 2.05) is 6.07 Å². The van der Waals surface area contributed by atoms with E-state index in [9.17, 15) is 4.79 Å². The maximum atomic E-state index is 10.6. The van der Waals surface area contributed by atoms with Crippen molar-refractivity contribution in [3.63, 3.8) is 0 Å². The Balaban J connectivity index is 2.22. The van der Waals surface area contributed by atoms with Crippen molar-refractivity contribution in [1.82, 2.24) is 4.90 Å². The fraction of sp³-hybridized carbons (Fsp3) is 0.462. The van der Waals surface area contributed by atoms with Gasteiger partial charge in [0.25, 0.3) is 0 Å². The second-order valence-electron chi connectivity index (χ2n) is 4.57. The average Bonchev–Trinajstić information content (AvgIpc) is 2.26. The Kier molecular flexibility index (Phi) is 4.15. The predicted molar refractivity (Wildman–Crippen MR) is 72.4 cm³/mol. The van der Waals surface area contributed by atoms with Crippen molar-refractivity contribution in [3.8, 4) is 0 Å². The smallest absolute Gasteiger partial charge is 0.304 e. The highest BCUT2D eigenvalue weighted by Gasteiger charge is 2.26. The number of nitrogens with zero attached hydrogens (tertiary/aromatic N) is 1. The van der Waals surface area contributed by atoms with Gasteiger partial charge in [-0.05, 0) is 36.6 Å². The third kappa shape index (κ3) is 2.79. The van der Waals surface area contributed by atoms with Gasteiger partial charge >= 0.3 is 5.97 Å². The van der Waals surface area contributed by atoms with Crippen LogP contribution in [0.1, 0.15) is 30.5 Å². The number of hydrogen-bond donors (Lipinski definition) is 1. The van der Waals surface area contributed by atoms with Crippen molar-refractivity contribution in [2.75, 3.05) is 13.1 Å². The standard InChI is InChI=1S/C13H15Cl2NO2/c1-8-13-9(6-10(14)7-11(13)15)2-4-16(8)5-3-12(17)18/h6-8H,2-5H2,1H3,(H,17,18). The van der Waals surface area contributed by atoms with Crippen LogP contribution in [-0.2, 0) is 11.2 Å². The van der Waals surface area contributed by atoms with Crippen LogP contribution >= 0.6 is 23.2 Å². The Bertz CT molecular complexity index is 476. The molecule has 18 heavy (non-hydrogen) atoms. The Labute approximate surface area is 116 Å². The summed E-state index contributed by atoms with van der Waals surface area (Å²) in [7, 11) is 0. The molecule has 1 aromatic carbocycles. The zero-order chi connectivity index (χ0) is 13.3. The maximum Gasteiger partial charge on any atom is 0.304 e. The number of benzene rings is 1. The number of rotatable bonds is 3. The number of aliphatic carboxylic acids is 1. The molecule has 1 unspecified atom stereocenters. The Hall–Kier alpha value is -0.770. The molecule has 1 N–H and O–H groups in total. The summed E-state index contributed by atoms with van der Waals surface area (Å²) in [5.74, 6) is -0.768. The number of carbonyl (C=O) groups is 1. The number of hydrogen-bond acceptors (Lipinski definition) is 2. The van der Waals surface area contributed by atoms with Gasteiger partial charge in [-0.25, -0.2) is 0 Å². The Morgan fingerprint density at radius 1 is 1.50 bits per heavy atom. The number of halogens is 2. The Morgan fingerprint density at radius 3 is 2.89 bits per heavy atom. The van der Waals surface area contributed by atoms with Crippen molar-refractivity contribution in [3.05, 3.63) is 33.3 Å². The summed E-state index contributed by atoms with van der Waals surface area (Å²) in [4.78, 5) is 12.8. The molecule has 0 fully saturated rings. The van der Waals surface area contributed by atoms with E-state index in [1.165, 1.54) is 5.56 Å². The van der Waals surface area contributed by atoms with Gasteiger partial charge in [-0.3, -0.25) is 9.69 Å². The van der Waals surface area contributed by atoms with Crippen LogP contribution in [0.15, 0.2) is 12.1 Å². The highest BCUT2D eigenvalue weighted by atomic mass is 35.5. The summed E-state index contributed by atoms with van der Waals surface area (Å²) in [6.45, 7) is 3.45. The average molecular weight is 288 g/mol. The van der Waals surface area contributed by atoms with E-state index < -0.39 is 5.97 Å². The first-order valence-corrected chi connectivity index (χ1v) is 6.68. The summed E-state index contributed by atoms with van der Waals surface area (Å²) >= 11 is 12.2. The van der Waals surface area contributed by atoms with Crippen molar-refractivity contribution < 1.29 is 9.90 Å². The van der Waals surface area contributed by atoms with Crippen molar-refractivity contribution in [2.24, 2.45) is 0 Å². The second-order valence-corrected chi connectivity index (χ2v) is 5.41. The first kappa shape index (κ1) is 13.7. The van der Waals surface area contributed by atoms with E-state index in [1.54, 1.807) is 6.07 Å². The van der Waals surface area contributed by atoms with Crippen molar-refractivity contribution in [1.29, 1.82) is 0 Å². The molecule has 5 heteroatoms. The summed E-state index contributed by atoms with van der Waals surface area (Å²) in [5.41, 5.74) is 2.25. The van der Waals surface area contributed by atoms with Crippen LogP contribution in [0.5, 0.6) is 0 Å². The van der Waals surface area contributed by atoms with Crippen molar-refractivity contribution >= 4 is 29.2 Å². The van der Waals surface area contributed by atoms with E-state index in [4.69, 9.17) is 28.3 Å². The molecule has 0 aromatic heterocycles. The molecule has 1 aliphatic heterocycles. The predicted octanol–water partition coefficient (Wildman–Crippen LogP) is 3.39. The molecule has 1 aliphatic rings. The lowest BCUT2D eigenvalue weighted by Gasteiger charge is -2.35. The normalized spacial score (nSPS) is 19.6. The monoisotopic (exact) mass is 287 g/mol. The van der Waals surface area contributed by atoms with Crippen LogP contribution in [-0.4, -0.2) is 29.1 Å². The minimum atomic E-state index is -0.768. The molecule has 0 saturated carbocycles. The van der Waals surface area contributed by atoms with Gasteiger partial charge in [0.15, 0.2) is 0 Å². The molecular weight excluding hydrogens is 273 g/mol. The fourth-order valence-corrected chi connectivity index (χ4v) is 3.19. The highest BCUT2D eigenvalue weighted by Crippen LogP contribution is 2.36. The van der Waals surface area contributed by atoms with E-state index in [-0.39, 0.29) is 12.5 Å². The first-order valence-electron chi connectivity index (χ1n) is 5.92. The molecular formula is C13H15Cl2NO2. The minimum Gasteiger partial charge on any atom is -0.481 e. The number of carboxylic acids is 1. The van der Waals surface area contributed by atoms with Gasteiger partial charge in [-0.15, -0.1) is 0 Å². The fourth-order valence-electron chi connectivity index (χ4n) is 2.50. The van der Waals surface area contributed by atoms with Crippen LogP contribution in [0.3, 0.4) is 0 Å². The molecule has 1 heterocycles. The molecule has 1 aromatic rings. The summed E-state index contributed by atoms with van der Waals surface area (Å²) in [6, 6.07) is 3.84. The molecule has 3 nitrogen and oxygen atoms in total. The number of carboxylic acid groups (broad SMARTS) is 1. The second kappa shape index (κ2) is 5.47. The lowest BCUT2D eigenvalue weighted by atomic mass is 9.93. The largest absolute Gasteiger partial charge is 0.481 e. The SMILES string of the molecule is CC1c2c(Cl)cc(Cl)cc2CCN1CCC(=O)O. The van der Waals surface area contributed by atoms with Gasteiger partial charge in [-0.1, -0.05) is 23.2 Å². The quantitative estimate of drug-likeness (QED) is 0.926. The molecule has 0 saturated heterocycles. The third-order valence-electron chi connectivity index (χ3n) is 3.43. The molecule has 2 rings (SSSR count). The van der Waals surface area contributed by atoms with Gasteiger partial charge in [-0.2, -0.15) is 0 Å². The minimum absolute atomic E-state index is 0.137. The molecule has 0 spiro atoms. The van der Waals surface area contributed by atoms with Crippen LogP contribution < -0.4 is 0 Å². The van der Waals surface area contributed by atoms with Crippen LogP contribution in [0.2, 0.25) is 10.0 Å². The molecule has 98 valence electrons. The lowest BCUT2D eigenvalue weighted by molar-refractivity contribution is -0.137. The zero-order valence-electron chi connectivity index (χ0n) is 10.1. The highest BCUT2D eigenvalue weighted by molar-refractivity contribution is 6.35. The van der Waals surface area contributed by atoms with E-state index >= 15 is 0 Å². The van der Waals surface area contributed by atoms with E-state index in [2.05, 4.69) is 11.8 Å². The summed E-state index contributed by atoms with van der Waals surface area (Å²) in [5, 5.41) is 10.1. The molecule has 0 amide bonds. The summed E-state index contributed by atoms with van der Waals surface area (Å²) < 4.78 is 0. The molecule has 0 radical (unpaired) electrons. The zero-order valence-corrected chi connectivity index (χ0v) is 11.6. The van der Waals surface area contributed by atoms with Crippen LogP contribution in [0.25, 0.3) is 0 Å². The molecule has 0 aliphatic carbocycles. The summed E-state index contributed by atoms with van der Waals surface area (Å²) in [6.07, 6.45) is 1.02. The molecule has 0 bridgehead atoms. The Morgan fingerprint density at radius 2 is 2.22 bits per heavy atom. The van der Waals surface area contributed by atoms with E-state index in [0.717, 1.165) is 18.5 Å². The number of fused-ring (bicyclic) bond motifs is 1. The van der Waals surface area contributed by atoms with Crippen LogP contribution in [0, 0.1) is 0 Å². The third-order valence-corrected chi connectivity index (χ3v) is 3.96. The molecule has 1 atom stereocenters. The lowest BCUT2D eigenvalue weighted by Crippen LogP contribution is -2.35. The van der Waals surface area contributed by atoms with Gasteiger partial charge < -0.3 is 5.11 Å². The van der Waals surface area contributed by atoms with Gasteiger partial charge in [0.05, 0.1) is 6.42 Å².